The molecule has 0 heterocycles. The van der Waals surface area contributed by atoms with Crippen LogP contribution < -0.4 is 5.32 Å². The molecule has 1 aromatic carbocycles. The van der Waals surface area contributed by atoms with Gasteiger partial charge in [0.1, 0.15) is 0 Å². The van der Waals surface area contributed by atoms with Gasteiger partial charge in [-0.2, -0.15) is 0 Å². The maximum atomic E-state index is 12.9. The number of nitrogens with one attached hydrogen (secondary N) is 1. The van der Waals surface area contributed by atoms with Gasteiger partial charge in [-0.1, -0.05) is 18.5 Å². The molecule has 0 aliphatic rings. The fraction of sp³-hybridized carbons (Fsp3) is 0.556. The van der Waals surface area contributed by atoms with Crippen LogP contribution in [0.3, 0.4) is 0 Å². The number of amides is 1. The van der Waals surface area contributed by atoms with E-state index in [9.17, 15) is 9.59 Å². The molecule has 6 heteroatoms. The first kappa shape index (κ1) is 20.5. The highest BCUT2D eigenvalue weighted by atomic mass is 35.5. The van der Waals surface area contributed by atoms with Crippen molar-refractivity contribution in [3.05, 3.63) is 28.3 Å². The van der Waals surface area contributed by atoms with Gasteiger partial charge >= 0.3 is 5.97 Å². The molecule has 1 unspecified atom stereocenters. The predicted molar refractivity (Wildman–Crippen MR) is 97.5 cm³/mol. The molecule has 0 aliphatic heterocycles. The number of nitrogens with zero attached hydrogens (tertiary/aromatic N) is 1. The first-order chi connectivity index (χ1) is 11.2. The largest absolute Gasteiger partial charge is 0.465 e. The van der Waals surface area contributed by atoms with Crippen molar-refractivity contribution in [1.82, 2.24) is 0 Å². The van der Waals surface area contributed by atoms with Crippen LogP contribution in [-0.4, -0.2) is 50.2 Å². The number of likely N-dealkylation sites (N-methyl/N-ethyl adjacent to an activating group) is 1. The lowest BCUT2D eigenvalue weighted by Crippen LogP contribution is -2.54. The van der Waals surface area contributed by atoms with Gasteiger partial charge < -0.3 is 14.5 Å². The highest BCUT2D eigenvalue weighted by Gasteiger charge is 2.33. The molecular weight excluding hydrogens is 328 g/mol. The fourth-order valence-electron chi connectivity index (χ4n) is 2.68. The third-order valence-corrected chi connectivity index (χ3v) is 4.70. The molecule has 134 valence electrons. The number of hydrogen-bond acceptors (Lipinski definition) is 3. The zero-order chi connectivity index (χ0) is 18.5. The van der Waals surface area contributed by atoms with Crippen LogP contribution in [-0.2, 0) is 9.53 Å². The SMILES string of the molecule is CCCC(C(=O)Nc1c(C)cc(Cl)cc1C(=O)OC)[N+](C)(C)CC. The summed E-state index contributed by atoms with van der Waals surface area (Å²) in [5.41, 5.74) is 1.47. The summed E-state index contributed by atoms with van der Waals surface area (Å²) in [6.45, 7) is 6.76. The molecule has 0 fully saturated rings. The van der Waals surface area contributed by atoms with Gasteiger partial charge in [-0.05, 0) is 38.0 Å². The minimum atomic E-state index is -0.521. The van der Waals surface area contributed by atoms with Gasteiger partial charge in [0.05, 0.1) is 39.0 Å². The average molecular weight is 356 g/mol. The number of methoxy groups -OCH3 is 1. The van der Waals surface area contributed by atoms with E-state index >= 15 is 0 Å². The Kier molecular flexibility index (Phi) is 7.24. The fourth-order valence-corrected chi connectivity index (χ4v) is 2.95. The smallest absolute Gasteiger partial charge is 0.340 e. The van der Waals surface area contributed by atoms with Crippen LogP contribution in [0.5, 0.6) is 0 Å². The molecule has 1 N–H and O–H groups in total. The highest BCUT2D eigenvalue weighted by molar-refractivity contribution is 6.31. The molecule has 0 aromatic heterocycles. The Labute approximate surface area is 149 Å². The predicted octanol–water partition coefficient (Wildman–Crippen LogP) is 3.64. The van der Waals surface area contributed by atoms with Gasteiger partial charge in [0.15, 0.2) is 6.04 Å². The Hall–Kier alpha value is -1.59. The quantitative estimate of drug-likeness (QED) is 0.600. The number of quaternary nitrogens is 1. The number of ether oxygens (including phenoxy) is 1. The molecule has 0 radical (unpaired) electrons. The van der Waals surface area contributed by atoms with Crippen molar-refractivity contribution in [3.8, 4) is 0 Å². The Morgan fingerprint density at radius 2 is 1.92 bits per heavy atom. The Balaban J connectivity index is 3.23. The summed E-state index contributed by atoms with van der Waals surface area (Å²) in [6, 6.07) is 3.05. The van der Waals surface area contributed by atoms with E-state index in [4.69, 9.17) is 16.3 Å². The van der Waals surface area contributed by atoms with Crippen LogP contribution in [0.1, 0.15) is 42.6 Å². The number of anilines is 1. The molecule has 1 aromatic rings. The highest BCUT2D eigenvalue weighted by Crippen LogP contribution is 2.27. The first-order valence-corrected chi connectivity index (χ1v) is 8.57. The number of carbonyl (C=O) groups excluding carboxylic acids is 2. The van der Waals surface area contributed by atoms with E-state index in [0.29, 0.717) is 15.2 Å². The van der Waals surface area contributed by atoms with Crippen molar-refractivity contribution in [2.75, 3.05) is 33.1 Å². The van der Waals surface area contributed by atoms with Gasteiger partial charge in [0.2, 0.25) is 0 Å². The Morgan fingerprint density at radius 1 is 1.29 bits per heavy atom. The number of halogens is 1. The maximum absolute atomic E-state index is 12.9. The monoisotopic (exact) mass is 355 g/mol. The third-order valence-electron chi connectivity index (χ3n) is 4.48. The molecular formula is C18H28ClN2O3+. The lowest BCUT2D eigenvalue weighted by Gasteiger charge is -2.36. The normalized spacial score (nSPS) is 12.6. The number of esters is 1. The van der Waals surface area contributed by atoms with Crippen molar-refractivity contribution >= 4 is 29.2 Å². The molecule has 0 bridgehead atoms. The molecule has 0 aliphatic carbocycles. The van der Waals surface area contributed by atoms with Crippen molar-refractivity contribution in [3.63, 3.8) is 0 Å². The minimum absolute atomic E-state index is 0.0979. The van der Waals surface area contributed by atoms with E-state index in [-0.39, 0.29) is 17.5 Å². The van der Waals surface area contributed by atoms with Gasteiger partial charge in [-0.3, -0.25) is 4.79 Å². The summed E-state index contributed by atoms with van der Waals surface area (Å²) in [5, 5.41) is 3.36. The molecule has 5 nitrogen and oxygen atoms in total. The second kappa shape index (κ2) is 8.49. The van der Waals surface area contributed by atoms with Crippen molar-refractivity contribution in [1.29, 1.82) is 0 Å². The summed E-state index contributed by atoms with van der Waals surface area (Å²) < 4.78 is 5.40. The number of rotatable bonds is 7. The topological polar surface area (TPSA) is 55.4 Å². The maximum Gasteiger partial charge on any atom is 0.340 e. The van der Waals surface area contributed by atoms with Gasteiger partial charge in [0.25, 0.3) is 5.91 Å². The summed E-state index contributed by atoms with van der Waals surface area (Å²) in [5.74, 6) is -0.619. The van der Waals surface area contributed by atoms with Crippen molar-refractivity contribution < 1.29 is 18.8 Å². The van der Waals surface area contributed by atoms with Crippen LogP contribution in [0.15, 0.2) is 12.1 Å². The second-order valence-electron chi connectivity index (χ2n) is 6.53. The average Bonchev–Trinajstić information content (AvgIpc) is 2.53. The lowest BCUT2D eigenvalue weighted by molar-refractivity contribution is -0.904. The van der Waals surface area contributed by atoms with Crippen molar-refractivity contribution in [2.24, 2.45) is 0 Å². The van der Waals surface area contributed by atoms with Gasteiger partial charge in [0, 0.05) is 11.4 Å². The summed E-state index contributed by atoms with van der Waals surface area (Å²) in [6.07, 6.45) is 1.68. The van der Waals surface area contributed by atoms with Gasteiger partial charge in [-0.15, -0.1) is 0 Å². The molecule has 1 amide bonds. The standard InChI is InChI=1S/C18H27ClN2O3/c1-7-9-15(21(4,5)8-2)17(22)20-16-12(3)10-13(19)11-14(16)18(23)24-6/h10-11,15H,7-9H2,1-6H3/p+1. The number of carbonyl (C=O) groups is 2. The van der Waals surface area contributed by atoms with Crippen LogP contribution in [0.2, 0.25) is 5.02 Å². The first-order valence-electron chi connectivity index (χ1n) is 8.19. The van der Waals surface area contributed by atoms with Crippen LogP contribution in [0, 0.1) is 6.92 Å². The van der Waals surface area contributed by atoms with E-state index in [1.807, 2.05) is 21.0 Å². The zero-order valence-electron chi connectivity index (χ0n) is 15.4. The summed E-state index contributed by atoms with van der Waals surface area (Å²) in [7, 11) is 5.38. The molecule has 1 atom stereocenters. The second-order valence-corrected chi connectivity index (χ2v) is 6.96. The molecule has 24 heavy (non-hydrogen) atoms. The van der Waals surface area contributed by atoms with E-state index in [1.165, 1.54) is 13.2 Å². The van der Waals surface area contributed by atoms with E-state index in [0.717, 1.165) is 24.9 Å². The molecule has 0 saturated carbocycles. The summed E-state index contributed by atoms with van der Waals surface area (Å²) in [4.78, 5) is 24.9. The van der Waals surface area contributed by atoms with Crippen LogP contribution >= 0.6 is 11.6 Å². The van der Waals surface area contributed by atoms with Crippen molar-refractivity contribution in [2.45, 2.75) is 39.7 Å². The molecule has 0 saturated heterocycles. The Morgan fingerprint density at radius 3 is 2.42 bits per heavy atom. The summed E-state index contributed by atoms with van der Waals surface area (Å²) >= 11 is 6.04. The molecule has 0 spiro atoms. The van der Waals surface area contributed by atoms with E-state index < -0.39 is 5.97 Å². The van der Waals surface area contributed by atoms with Crippen LogP contribution in [0.4, 0.5) is 5.69 Å². The lowest BCUT2D eigenvalue weighted by atomic mass is 10.0. The van der Waals surface area contributed by atoms with E-state index in [2.05, 4.69) is 19.2 Å². The minimum Gasteiger partial charge on any atom is -0.465 e. The number of hydrogen-bond donors (Lipinski definition) is 1. The number of benzene rings is 1. The zero-order valence-corrected chi connectivity index (χ0v) is 16.2. The van der Waals surface area contributed by atoms with E-state index in [1.54, 1.807) is 6.07 Å². The Bertz CT molecular complexity index is 615. The molecule has 1 rings (SSSR count). The third kappa shape index (κ3) is 4.71. The van der Waals surface area contributed by atoms with Crippen LogP contribution in [0.25, 0.3) is 0 Å². The number of aryl methyl sites for hydroxylation is 1. The van der Waals surface area contributed by atoms with Gasteiger partial charge in [-0.25, -0.2) is 4.79 Å².